The average molecular weight is 374 g/mol. The topological polar surface area (TPSA) is 99.6 Å². The number of non-ortho nitro benzene ring substituents is 1. The summed E-state index contributed by atoms with van der Waals surface area (Å²) in [4.78, 5) is 34.2. The first-order chi connectivity index (χ1) is 12.3. The maximum Gasteiger partial charge on any atom is 0.340 e. The predicted octanol–water partition coefficient (Wildman–Crippen LogP) is 4.02. The van der Waals surface area contributed by atoms with Gasteiger partial charge in [0.05, 0.1) is 15.5 Å². The Balaban J connectivity index is 1.89. The van der Waals surface area contributed by atoms with E-state index < -0.39 is 16.5 Å². The van der Waals surface area contributed by atoms with Crippen LogP contribution in [0, 0.1) is 17.0 Å². The van der Waals surface area contributed by atoms with E-state index in [2.05, 4.69) is 0 Å². The Bertz CT molecular complexity index is 1090. The molecule has 0 bridgehead atoms. The van der Waals surface area contributed by atoms with Crippen LogP contribution >= 0.6 is 11.6 Å². The van der Waals surface area contributed by atoms with Gasteiger partial charge < -0.3 is 9.15 Å². The minimum absolute atomic E-state index is 0.0358. The number of nitro groups is 1. The van der Waals surface area contributed by atoms with Crippen molar-refractivity contribution in [2.45, 2.75) is 13.5 Å². The summed E-state index contributed by atoms with van der Waals surface area (Å²) in [7, 11) is 0. The summed E-state index contributed by atoms with van der Waals surface area (Å²) in [5, 5.41) is 11.5. The van der Waals surface area contributed by atoms with E-state index in [9.17, 15) is 19.7 Å². The second-order valence-electron chi connectivity index (χ2n) is 5.59. The lowest BCUT2D eigenvalue weighted by molar-refractivity contribution is -0.384. The van der Waals surface area contributed by atoms with E-state index in [4.69, 9.17) is 20.8 Å². The van der Waals surface area contributed by atoms with Crippen molar-refractivity contribution >= 4 is 34.2 Å². The lowest BCUT2D eigenvalue weighted by Crippen LogP contribution is -2.09. The van der Waals surface area contributed by atoms with E-state index >= 15 is 0 Å². The summed E-state index contributed by atoms with van der Waals surface area (Å²) >= 11 is 5.93. The molecule has 0 fully saturated rings. The average Bonchev–Trinajstić information content (AvgIpc) is 2.59. The van der Waals surface area contributed by atoms with Crippen LogP contribution in [0.2, 0.25) is 5.02 Å². The van der Waals surface area contributed by atoms with Crippen LogP contribution in [0.1, 0.15) is 21.5 Å². The minimum Gasteiger partial charge on any atom is -0.457 e. The Labute approximate surface area is 151 Å². The molecule has 0 unspecified atom stereocenters. The van der Waals surface area contributed by atoms with Crippen molar-refractivity contribution in [1.29, 1.82) is 0 Å². The first-order valence-corrected chi connectivity index (χ1v) is 7.87. The number of halogens is 1. The van der Waals surface area contributed by atoms with Crippen LogP contribution in [0.25, 0.3) is 11.0 Å². The van der Waals surface area contributed by atoms with Crippen LogP contribution in [-0.4, -0.2) is 10.9 Å². The molecule has 132 valence electrons. The molecule has 7 nitrogen and oxygen atoms in total. The highest BCUT2D eigenvalue weighted by atomic mass is 35.5. The van der Waals surface area contributed by atoms with E-state index in [0.29, 0.717) is 16.5 Å². The molecule has 0 aliphatic rings. The number of carbonyl (C=O) groups excluding carboxylic acids is 1. The quantitative estimate of drug-likeness (QED) is 0.296. The monoisotopic (exact) mass is 373 g/mol. The summed E-state index contributed by atoms with van der Waals surface area (Å²) in [5.74, 6) is -0.827. The van der Waals surface area contributed by atoms with Gasteiger partial charge in [0, 0.05) is 29.1 Å². The van der Waals surface area contributed by atoms with Crippen LogP contribution in [0.15, 0.2) is 51.7 Å². The number of hydrogen-bond acceptors (Lipinski definition) is 6. The van der Waals surface area contributed by atoms with E-state index in [1.165, 1.54) is 18.2 Å². The van der Waals surface area contributed by atoms with Gasteiger partial charge in [0.15, 0.2) is 0 Å². The smallest absolute Gasteiger partial charge is 0.340 e. The number of nitrogens with zero attached hydrogens (tertiary/aromatic N) is 1. The van der Waals surface area contributed by atoms with E-state index in [1.54, 1.807) is 12.1 Å². The zero-order valence-electron chi connectivity index (χ0n) is 13.5. The second-order valence-corrected chi connectivity index (χ2v) is 5.99. The molecule has 2 aromatic carbocycles. The van der Waals surface area contributed by atoms with E-state index in [-0.39, 0.29) is 22.9 Å². The molecule has 0 saturated heterocycles. The number of hydrogen-bond donors (Lipinski definition) is 0. The van der Waals surface area contributed by atoms with Crippen LogP contribution in [0.5, 0.6) is 0 Å². The molecule has 0 saturated carbocycles. The molecule has 0 radical (unpaired) electrons. The van der Waals surface area contributed by atoms with E-state index in [1.807, 2.05) is 13.0 Å². The number of carbonyl (C=O) groups is 1. The van der Waals surface area contributed by atoms with Crippen LogP contribution < -0.4 is 5.63 Å². The highest BCUT2D eigenvalue weighted by Crippen LogP contribution is 2.24. The van der Waals surface area contributed by atoms with Gasteiger partial charge in [0.2, 0.25) is 0 Å². The largest absolute Gasteiger partial charge is 0.457 e. The molecule has 0 aliphatic heterocycles. The summed E-state index contributed by atoms with van der Waals surface area (Å²) in [5.41, 5.74) is 0.801. The Morgan fingerprint density at radius 1 is 1.23 bits per heavy atom. The molecule has 3 aromatic rings. The lowest BCUT2D eigenvalue weighted by Gasteiger charge is -2.08. The van der Waals surface area contributed by atoms with Gasteiger partial charge in [0.25, 0.3) is 5.69 Å². The van der Waals surface area contributed by atoms with Crippen molar-refractivity contribution in [3.05, 3.63) is 84.7 Å². The van der Waals surface area contributed by atoms with Gasteiger partial charge in [-0.05, 0) is 24.6 Å². The van der Waals surface area contributed by atoms with Gasteiger partial charge in [-0.15, -0.1) is 0 Å². The predicted molar refractivity (Wildman–Crippen MR) is 94.4 cm³/mol. The minimum atomic E-state index is -0.827. The normalized spacial score (nSPS) is 10.7. The molecule has 26 heavy (non-hydrogen) atoms. The van der Waals surface area contributed by atoms with E-state index in [0.717, 1.165) is 11.6 Å². The lowest BCUT2D eigenvalue weighted by atomic mass is 10.1. The highest BCUT2D eigenvalue weighted by molar-refractivity contribution is 6.33. The Morgan fingerprint density at radius 2 is 2.00 bits per heavy atom. The van der Waals surface area contributed by atoms with Crippen LogP contribution in [0.3, 0.4) is 0 Å². The summed E-state index contributed by atoms with van der Waals surface area (Å²) < 4.78 is 10.3. The number of rotatable bonds is 4. The molecule has 0 spiro atoms. The molecule has 3 rings (SSSR count). The fraction of sp³-hybridized carbons (Fsp3) is 0.111. The number of fused-ring (bicyclic) bond motifs is 1. The molecular formula is C18H12ClNO6. The van der Waals surface area contributed by atoms with Crippen molar-refractivity contribution in [3.63, 3.8) is 0 Å². The van der Waals surface area contributed by atoms with Crippen molar-refractivity contribution in [2.75, 3.05) is 0 Å². The number of esters is 1. The van der Waals surface area contributed by atoms with Crippen LogP contribution in [-0.2, 0) is 11.3 Å². The molecular weight excluding hydrogens is 362 g/mol. The maximum absolute atomic E-state index is 12.3. The van der Waals surface area contributed by atoms with Crippen molar-refractivity contribution in [1.82, 2.24) is 0 Å². The fourth-order valence-corrected chi connectivity index (χ4v) is 2.66. The van der Waals surface area contributed by atoms with Crippen molar-refractivity contribution in [2.24, 2.45) is 0 Å². The SMILES string of the molecule is Cc1ccc2c(COC(=O)c3cc([N+](=O)[O-])ccc3Cl)cc(=O)oc2c1. The summed E-state index contributed by atoms with van der Waals surface area (Å²) in [6.07, 6.45) is 0. The molecule has 0 amide bonds. The highest BCUT2D eigenvalue weighted by Gasteiger charge is 2.18. The standard InChI is InChI=1S/C18H12ClNO6/c1-10-2-4-13-11(7-17(21)26-16(13)6-10)9-25-18(22)14-8-12(20(23)24)3-5-15(14)19/h2-8H,9H2,1H3. The third-order valence-electron chi connectivity index (χ3n) is 3.73. The van der Waals surface area contributed by atoms with Gasteiger partial charge in [-0.25, -0.2) is 9.59 Å². The number of nitro benzene ring substituents is 1. The second kappa shape index (κ2) is 6.97. The third kappa shape index (κ3) is 3.57. The molecule has 1 heterocycles. The summed E-state index contributed by atoms with van der Waals surface area (Å²) in [6.45, 7) is 1.65. The van der Waals surface area contributed by atoms with Gasteiger partial charge in [0.1, 0.15) is 12.2 Å². The molecule has 0 atom stereocenters. The van der Waals surface area contributed by atoms with Gasteiger partial charge >= 0.3 is 11.6 Å². The Kier molecular flexibility index (Phi) is 4.73. The number of ether oxygens (including phenoxy) is 1. The number of benzene rings is 2. The maximum atomic E-state index is 12.3. The van der Waals surface area contributed by atoms with Gasteiger partial charge in [-0.2, -0.15) is 0 Å². The van der Waals surface area contributed by atoms with Crippen LogP contribution in [0.4, 0.5) is 5.69 Å². The van der Waals surface area contributed by atoms with Gasteiger partial charge in [-0.1, -0.05) is 23.7 Å². The molecule has 0 N–H and O–H groups in total. The fourth-order valence-electron chi connectivity index (χ4n) is 2.46. The third-order valence-corrected chi connectivity index (χ3v) is 4.05. The first kappa shape index (κ1) is 17.6. The first-order valence-electron chi connectivity index (χ1n) is 7.49. The van der Waals surface area contributed by atoms with Crippen molar-refractivity contribution in [3.8, 4) is 0 Å². The Morgan fingerprint density at radius 3 is 2.73 bits per heavy atom. The zero-order valence-corrected chi connectivity index (χ0v) is 14.3. The Hall–Kier alpha value is -3.19. The number of aryl methyl sites for hydroxylation is 1. The molecule has 0 aliphatic carbocycles. The molecule has 8 heteroatoms. The zero-order chi connectivity index (χ0) is 18.8. The van der Waals surface area contributed by atoms with Gasteiger partial charge in [-0.3, -0.25) is 10.1 Å². The van der Waals surface area contributed by atoms with Crippen molar-refractivity contribution < 1.29 is 18.9 Å². The summed E-state index contributed by atoms with van der Waals surface area (Å²) in [6, 6.07) is 10.0. The molecule has 1 aromatic heterocycles.